The molecular weight excluding hydrogens is 474 g/mol. The van der Waals surface area contributed by atoms with Gasteiger partial charge in [-0.2, -0.15) is 0 Å². The van der Waals surface area contributed by atoms with Gasteiger partial charge in [0.05, 0.1) is 0 Å². The number of nitrogens with one attached hydrogen (secondary N) is 1. The molecule has 1 amide bonds. The molecule has 38 heavy (non-hydrogen) atoms. The van der Waals surface area contributed by atoms with Gasteiger partial charge in [-0.15, -0.1) is 0 Å². The Morgan fingerprint density at radius 1 is 0.789 bits per heavy atom. The second-order valence-corrected chi connectivity index (χ2v) is 11.5. The van der Waals surface area contributed by atoms with Gasteiger partial charge in [0.25, 0.3) is 0 Å². The fourth-order valence-corrected chi connectivity index (χ4v) is 5.24. The maximum atomic E-state index is 12.9. The van der Waals surface area contributed by atoms with Crippen molar-refractivity contribution in [3.8, 4) is 11.1 Å². The molecule has 1 aliphatic carbocycles. The van der Waals surface area contributed by atoms with Crippen LogP contribution in [0.25, 0.3) is 11.1 Å². The average molecular weight is 522 g/mol. The van der Waals surface area contributed by atoms with Gasteiger partial charge in [0.1, 0.15) is 18.2 Å². The Bertz CT molecular complexity index is 980. The maximum absolute atomic E-state index is 12.9. The van der Waals surface area contributed by atoms with Crippen molar-refractivity contribution in [3.05, 3.63) is 59.7 Å². The lowest BCUT2D eigenvalue weighted by Crippen LogP contribution is -2.44. The van der Waals surface area contributed by atoms with Crippen LogP contribution in [0.5, 0.6) is 0 Å². The van der Waals surface area contributed by atoms with E-state index in [2.05, 4.69) is 36.5 Å². The Hall–Kier alpha value is -2.82. The number of hydrogen-bond acceptors (Lipinski definition) is 4. The minimum absolute atomic E-state index is 0.0184. The molecule has 2 aromatic rings. The quantitative estimate of drug-likeness (QED) is 0.188. The molecule has 0 saturated heterocycles. The van der Waals surface area contributed by atoms with Crippen LogP contribution in [0.3, 0.4) is 0 Å². The average Bonchev–Trinajstić information content (AvgIpc) is 3.20. The number of carbonyl (C=O) groups excluding carboxylic acids is 2. The summed E-state index contributed by atoms with van der Waals surface area (Å²) in [4.78, 5) is 25.7. The summed E-state index contributed by atoms with van der Waals surface area (Å²) in [5, 5.41) is 2.81. The van der Waals surface area contributed by atoms with Crippen LogP contribution in [0.2, 0.25) is 0 Å². The Balaban J connectivity index is 1.49. The van der Waals surface area contributed by atoms with Crippen LogP contribution < -0.4 is 5.32 Å². The van der Waals surface area contributed by atoms with Crippen LogP contribution in [0.4, 0.5) is 4.79 Å². The highest BCUT2D eigenvalue weighted by Gasteiger charge is 2.30. The third-order valence-electron chi connectivity index (χ3n) is 7.17. The Morgan fingerprint density at radius 3 is 1.82 bits per heavy atom. The zero-order valence-corrected chi connectivity index (χ0v) is 23.9. The minimum Gasteiger partial charge on any atom is -0.458 e. The first-order valence-corrected chi connectivity index (χ1v) is 14.6. The molecule has 0 spiro atoms. The summed E-state index contributed by atoms with van der Waals surface area (Å²) in [7, 11) is 0. The topological polar surface area (TPSA) is 64.6 Å². The van der Waals surface area contributed by atoms with Crippen LogP contribution in [-0.2, 0) is 14.3 Å². The van der Waals surface area contributed by atoms with E-state index in [0.717, 1.165) is 30.4 Å². The third kappa shape index (κ3) is 9.18. The zero-order chi connectivity index (χ0) is 27.4. The molecule has 0 aromatic heterocycles. The minimum atomic E-state index is -0.709. The molecule has 5 nitrogen and oxygen atoms in total. The van der Waals surface area contributed by atoms with Crippen molar-refractivity contribution in [2.24, 2.45) is 0 Å². The predicted molar refractivity (Wildman–Crippen MR) is 154 cm³/mol. The highest BCUT2D eigenvalue weighted by molar-refractivity contribution is 5.82. The lowest BCUT2D eigenvalue weighted by Gasteiger charge is -2.24. The number of esters is 1. The monoisotopic (exact) mass is 521 g/mol. The molecule has 0 fully saturated rings. The van der Waals surface area contributed by atoms with Gasteiger partial charge < -0.3 is 14.8 Å². The molecular formula is C33H47NO4. The molecule has 2 aromatic carbocycles. The smallest absolute Gasteiger partial charge is 0.407 e. The van der Waals surface area contributed by atoms with Crippen molar-refractivity contribution in [3.63, 3.8) is 0 Å². The summed E-state index contributed by atoms with van der Waals surface area (Å²) in [6.07, 6.45) is 12.1. The number of rotatable bonds is 15. The van der Waals surface area contributed by atoms with E-state index >= 15 is 0 Å². The van der Waals surface area contributed by atoms with Crippen molar-refractivity contribution in [2.45, 2.75) is 116 Å². The molecule has 1 N–H and O–H groups in total. The molecule has 3 rings (SSSR count). The zero-order valence-electron chi connectivity index (χ0n) is 23.9. The SMILES string of the molecule is CCCCCCCCCCCC[C@@H](NC(=O)OCC1c2ccccc2-c2ccccc21)C(=O)OC(C)(C)C. The first kappa shape index (κ1) is 29.7. The van der Waals surface area contributed by atoms with E-state index in [1.165, 1.54) is 56.1 Å². The van der Waals surface area contributed by atoms with Gasteiger partial charge in [0.15, 0.2) is 0 Å². The number of hydrogen-bond donors (Lipinski definition) is 1. The number of unbranched alkanes of at least 4 members (excludes halogenated alkanes) is 9. The molecule has 1 atom stereocenters. The van der Waals surface area contributed by atoms with Gasteiger partial charge in [0.2, 0.25) is 0 Å². The molecule has 0 aliphatic heterocycles. The van der Waals surface area contributed by atoms with E-state index < -0.39 is 23.7 Å². The van der Waals surface area contributed by atoms with Crippen molar-refractivity contribution < 1.29 is 19.1 Å². The van der Waals surface area contributed by atoms with Crippen LogP contribution in [0.15, 0.2) is 48.5 Å². The lowest BCUT2D eigenvalue weighted by atomic mass is 9.98. The summed E-state index contributed by atoms with van der Waals surface area (Å²) >= 11 is 0. The third-order valence-corrected chi connectivity index (χ3v) is 7.17. The van der Waals surface area contributed by atoms with E-state index in [4.69, 9.17) is 9.47 Å². The number of fused-ring (bicyclic) bond motifs is 3. The van der Waals surface area contributed by atoms with E-state index in [9.17, 15) is 9.59 Å². The van der Waals surface area contributed by atoms with Crippen LogP contribution >= 0.6 is 0 Å². The van der Waals surface area contributed by atoms with E-state index in [1.807, 2.05) is 45.0 Å². The van der Waals surface area contributed by atoms with Crippen LogP contribution in [0, 0.1) is 0 Å². The van der Waals surface area contributed by atoms with Crippen LogP contribution in [0.1, 0.15) is 115 Å². The summed E-state index contributed by atoms with van der Waals surface area (Å²) in [5.74, 6) is -0.419. The van der Waals surface area contributed by atoms with Crippen LogP contribution in [-0.4, -0.2) is 30.3 Å². The van der Waals surface area contributed by atoms with Crippen molar-refractivity contribution >= 4 is 12.1 Å². The Morgan fingerprint density at radius 2 is 1.29 bits per heavy atom. The number of carbonyl (C=O) groups is 2. The molecule has 0 bridgehead atoms. The van der Waals surface area contributed by atoms with Gasteiger partial charge in [-0.3, -0.25) is 0 Å². The summed E-state index contributed by atoms with van der Waals surface area (Å²) < 4.78 is 11.3. The molecule has 0 heterocycles. The van der Waals surface area contributed by atoms with E-state index in [0.29, 0.717) is 6.42 Å². The number of ether oxygens (including phenoxy) is 2. The second-order valence-electron chi connectivity index (χ2n) is 11.5. The summed E-state index contributed by atoms with van der Waals surface area (Å²) in [6.45, 7) is 7.99. The molecule has 0 radical (unpaired) electrons. The van der Waals surface area contributed by atoms with Gasteiger partial charge in [-0.1, -0.05) is 120 Å². The van der Waals surface area contributed by atoms with Crippen molar-refractivity contribution in [2.75, 3.05) is 6.61 Å². The van der Waals surface area contributed by atoms with Gasteiger partial charge in [-0.25, -0.2) is 9.59 Å². The highest BCUT2D eigenvalue weighted by Crippen LogP contribution is 2.44. The van der Waals surface area contributed by atoms with Gasteiger partial charge in [0, 0.05) is 5.92 Å². The van der Waals surface area contributed by atoms with Gasteiger partial charge in [-0.05, 0) is 49.4 Å². The fourth-order valence-electron chi connectivity index (χ4n) is 5.24. The van der Waals surface area contributed by atoms with Crippen molar-refractivity contribution in [1.29, 1.82) is 0 Å². The predicted octanol–water partition coefficient (Wildman–Crippen LogP) is 8.55. The molecule has 1 aliphatic rings. The summed E-state index contributed by atoms with van der Waals surface area (Å²) in [5.41, 5.74) is 4.08. The highest BCUT2D eigenvalue weighted by atomic mass is 16.6. The van der Waals surface area contributed by atoms with Crippen molar-refractivity contribution in [1.82, 2.24) is 5.32 Å². The Kier molecular flexibility index (Phi) is 11.7. The number of amides is 1. The molecule has 208 valence electrons. The molecule has 5 heteroatoms. The molecule has 0 unspecified atom stereocenters. The number of alkyl carbamates (subject to hydrolysis) is 1. The largest absolute Gasteiger partial charge is 0.458 e. The van der Waals surface area contributed by atoms with E-state index in [1.54, 1.807) is 0 Å². The molecule has 0 saturated carbocycles. The lowest BCUT2D eigenvalue weighted by molar-refractivity contribution is -0.157. The first-order chi connectivity index (χ1) is 18.3. The summed E-state index contributed by atoms with van der Waals surface area (Å²) in [6, 6.07) is 15.8. The van der Waals surface area contributed by atoms with Gasteiger partial charge >= 0.3 is 12.1 Å². The second kappa shape index (κ2) is 14.9. The normalized spacial score (nSPS) is 13.5. The first-order valence-electron chi connectivity index (χ1n) is 14.6. The maximum Gasteiger partial charge on any atom is 0.407 e. The number of benzene rings is 2. The van der Waals surface area contributed by atoms with E-state index in [-0.39, 0.29) is 12.5 Å². The fraction of sp³-hybridized carbons (Fsp3) is 0.576. The standard InChI is InChI=1S/C33H47NO4/c1-5-6-7-8-9-10-11-12-13-14-23-30(31(35)38-33(2,3)4)34-32(36)37-24-29-27-21-17-15-19-25(27)26-20-16-18-22-28(26)29/h15-22,29-30H,5-14,23-24H2,1-4H3,(H,34,36)/t30-/m1/s1. The Labute approximate surface area is 229 Å².